The average Bonchev–Trinajstić information content (AvgIpc) is 3.08. The second-order valence-corrected chi connectivity index (χ2v) is 7.57. The molecule has 4 rings (SSSR count). The first-order valence-corrected chi connectivity index (χ1v) is 9.33. The Morgan fingerprint density at radius 3 is 2.93 bits per heavy atom. The fraction of sp³-hybridized carbons (Fsp3) is 0.400. The van der Waals surface area contributed by atoms with Crippen LogP contribution in [0, 0.1) is 5.92 Å². The first-order chi connectivity index (χ1) is 13.4. The number of nitrogens with one attached hydrogen (secondary N) is 1. The molecule has 2 aliphatic heterocycles. The van der Waals surface area contributed by atoms with E-state index in [9.17, 15) is 9.59 Å². The number of hydrogen-bond acceptors (Lipinski definition) is 5. The van der Waals surface area contributed by atoms with Crippen molar-refractivity contribution in [2.24, 2.45) is 5.92 Å². The van der Waals surface area contributed by atoms with Crippen LogP contribution in [0.4, 0.5) is 16.2 Å². The molecule has 8 heteroatoms. The Morgan fingerprint density at radius 1 is 1.32 bits per heavy atom. The number of anilines is 2. The first-order valence-electron chi connectivity index (χ1n) is 9.33. The molecule has 3 heterocycles. The largest absolute Gasteiger partial charge is 0.481 e. The van der Waals surface area contributed by atoms with E-state index in [0.717, 1.165) is 23.5 Å². The molecule has 0 spiro atoms. The summed E-state index contributed by atoms with van der Waals surface area (Å²) in [6.45, 7) is 5.22. The van der Waals surface area contributed by atoms with E-state index in [1.54, 1.807) is 35.0 Å². The van der Waals surface area contributed by atoms with Crippen LogP contribution in [0.25, 0.3) is 0 Å². The fourth-order valence-corrected chi connectivity index (χ4v) is 3.36. The summed E-state index contributed by atoms with van der Waals surface area (Å²) in [5, 5.41) is 2.90. The molecule has 0 fully saturated rings. The lowest BCUT2D eigenvalue weighted by molar-refractivity contribution is -0.120. The highest BCUT2D eigenvalue weighted by atomic mass is 16.5. The van der Waals surface area contributed by atoms with Gasteiger partial charge in [-0.1, -0.05) is 13.8 Å². The number of amides is 3. The minimum absolute atomic E-state index is 0.000284. The third-order valence-corrected chi connectivity index (χ3v) is 4.88. The number of hydrogen-bond donors (Lipinski definition) is 1. The summed E-state index contributed by atoms with van der Waals surface area (Å²) in [7, 11) is 1.71. The van der Waals surface area contributed by atoms with E-state index in [2.05, 4.69) is 29.1 Å². The second kappa shape index (κ2) is 7.10. The Hall–Kier alpha value is -3.16. The molecule has 2 aliphatic rings. The van der Waals surface area contributed by atoms with Crippen molar-refractivity contribution in [2.75, 3.05) is 23.9 Å². The Bertz CT molecular complexity index is 943. The van der Waals surface area contributed by atoms with Gasteiger partial charge in [-0.2, -0.15) is 0 Å². The lowest BCUT2D eigenvalue weighted by Gasteiger charge is -2.26. The quantitative estimate of drug-likeness (QED) is 0.883. The SMILES string of the molecule is CC(C)Cc1ncc2c(n1)CN(C(=O)Nc1ccc3c(c1)OCC(=O)N3C)C2. The smallest absolute Gasteiger partial charge is 0.322 e. The van der Waals surface area contributed by atoms with E-state index in [0.29, 0.717) is 36.1 Å². The number of carbonyl (C=O) groups excluding carboxylic acids is 2. The van der Waals surface area contributed by atoms with E-state index in [1.165, 1.54) is 0 Å². The zero-order valence-corrected chi connectivity index (χ0v) is 16.2. The van der Waals surface area contributed by atoms with Crippen LogP contribution in [0.15, 0.2) is 24.4 Å². The number of urea groups is 1. The van der Waals surface area contributed by atoms with Crippen LogP contribution in [0.3, 0.4) is 0 Å². The second-order valence-electron chi connectivity index (χ2n) is 7.57. The number of nitrogens with zero attached hydrogens (tertiary/aromatic N) is 4. The molecule has 28 heavy (non-hydrogen) atoms. The highest BCUT2D eigenvalue weighted by Crippen LogP contribution is 2.34. The summed E-state index contributed by atoms with van der Waals surface area (Å²) >= 11 is 0. The van der Waals surface area contributed by atoms with E-state index in [-0.39, 0.29) is 18.5 Å². The summed E-state index contributed by atoms with van der Waals surface area (Å²) in [6, 6.07) is 5.06. The van der Waals surface area contributed by atoms with Gasteiger partial charge in [-0.3, -0.25) is 4.79 Å². The van der Waals surface area contributed by atoms with Gasteiger partial charge in [-0.25, -0.2) is 14.8 Å². The van der Waals surface area contributed by atoms with Gasteiger partial charge >= 0.3 is 6.03 Å². The van der Waals surface area contributed by atoms with Gasteiger partial charge in [0.1, 0.15) is 11.6 Å². The number of carbonyl (C=O) groups is 2. The molecule has 3 amide bonds. The van der Waals surface area contributed by atoms with Crippen LogP contribution >= 0.6 is 0 Å². The zero-order chi connectivity index (χ0) is 19.8. The van der Waals surface area contributed by atoms with Crippen LogP contribution < -0.4 is 15.0 Å². The van der Waals surface area contributed by atoms with E-state index < -0.39 is 0 Å². The Morgan fingerprint density at radius 2 is 2.14 bits per heavy atom. The minimum atomic E-state index is -0.205. The highest BCUT2D eigenvalue weighted by molar-refractivity contribution is 5.98. The van der Waals surface area contributed by atoms with E-state index in [4.69, 9.17) is 4.74 Å². The van der Waals surface area contributed by atoms with Crippen molar-refractivity contribution in [2.45, 2.75) is 33.4 Å². The summed E-state index contributed by atoms with van der Waals surface area (Å²) in [5.74, 6) is 1.78. The summed E-state index contributed by atoms with van der Waals surface area (Å²) in [5.41, 5.74) is 3.20. The molecule has 2 aromatic rings. The van der Waals surface area contributed by atoms with Crippen LogP contribution in [-0.2, 0) is 24.3 Å². The molecule has 0 bridgehead atoms. The number of benzene rings is 1. The van der Waals surface area contributed by atoms with Crippen LogP contribution in [0.5, 0.6) is 5.75 Å². The molecule has 1 aromatic heterocycles. The molecule has 0 saturated carbocycles. The third-order valence-electron chi connectivity index (χ3n) is 4.88. The predicted molar refractivity (Wildman–Crippen MR) is 104 cm³/mol. The molecule has 1 N–H and O–H groups in total. The predicted octanol–water partition coefficient (Wildman–Crippen LogP) is 2.58. The maximum absolute atomic E-state index is 12.7. The number of likely N-dealkylation sites (N-methyl/N-ethyl adjacent to an activating group) is 1. The maximum Gasteiger partial charge on any atom is 0.322 e. The molecule has 0 aliphatic carbocycles. The van der Waals surface area contributed by atoms with Crippen molar-refractivity contribution in [3.63, 3.8) is 0 Å². The van der Waals surface area contributed by atoms with Gasteiger partial charge in [0.05, 0.1) is 24.5 Å². The van der Waals surface area contributed by atoms with Crippen molar-refractivity contribution in [3.05, 3.63) is 41.5 Å². The van der Waals surface area contributed by atoms with Gasteiger partial charge in [-0.05, 0) is 18.1 Å². The number of fused-ring (bicyclic) bond motifs is 2. The van der Waals surface area contributed by atoms with Crippen molar-refractivity contribution >= 4 is 23.3 Å². The zero-order valence-electron chi connectivity index (χ0n) is 16.2. The molecule has 0 saturated heterocycles. The van der Waals surface area contributed by atoms with Gasteiger partial charge in [0, 0.05) is 37.0 Å². The molecule has 0 radical (unpaired) electrons. The van der Waals surface area contributed by atoms with Gasteiger partial charge in [0.15, 0.2) is 6.61 Å². The Balaban J connectivity index is 1.44. The molecule has 0 atom stereocenters. The fourth-order valence-electron chi connectivity index (χ4n) is 3.36. The first kappa shape index (κ1) is 18.2. The van der Waals surface area contributed by atoms with Gasteiger partial charge in [0.2, 0.25) is 0 Å². The normalized spacial score (nSPS) is 15.4. The lowest BCUT2D eigenvalue weighted by atomic mass is 10.1. The molecule has 8 nitrogen and oxygen atoms in total. The number of aromatic nitrogens is 2. The van der Waals surface area contributed by atoms with E-state index >= 15 is 0 Å². The summed E-state index contributed by atoms with van der Waals surface area (Å²) in [6.07, 6.45) is 2.65. The third kappa shape index (κ3) is 3.49. The van der Waals surface area contributed by atoms with Crippen molar-refractivity contribution in [1.29, 1.82) is 0 Å². The van der Waals surface area contributed by atoms with Crippen molar-refractivity contribution in [1.82, 2.24) is 14.9 Å². The monoisotopic (exact) mass is 381 g/mol. The Labute approximate surface area is 163 Å². The maximum atomic E-state index is 12.7. The Kier molecular flexibility index (Phi) is 4.62. The van der Waals surface area contributed by atoms with Gasteiger partial charge in [0.25, 0.3) is 5.91 Å². The van der Waals surface area contributed by atoms with E-state index in [1.807, 2.05) is 6.20 Å². The van der Waals surface area contributed by atoms with Crippen LogP contribution in [0.1, 0.15) is 30.9 Å². The van der Waals surface area contributed by atoms with Gasteiger partial charge in [-0.15, -0.1) is 0 Å². The minimum Gasteiger partial charge on any atom is -0.481 e. The standard InChI is InChI=1S/C20H23N5O3/c1-12(2)6-18-21-8-13-9-25(10-15(13)23-18)20(27)22-14-4-5-16-17(7-14)28-11-19(26)24(16)3/h4-5,7-8,12H,6,9-11H2,1-3H3,(H,22,27). The van der Waals surface area contributed by atoms with Gasteiger partial charge < -0.3 is 19.9 Å². The molecule has 0 unspecified atom stereocenters. The average molecular weight is 381 g/mol. The molecule has 1 aromatic carbocycles. The number of rotatable bonds is 3. The molecule has 146 valence electrons. The summed E-state index contributed by atoms with van der Waals surface area (Å²) in [4.78, 5) is 36.7. The van der Waals surface area contributed by atoms with Crippen LogP contribution in [-0.4, -0.2) is 40.5 Å². The highest BCUT2D eigenvalue weighted by Gasteiger charge is 2.26. The lowest BCUT2D eigenvalue weighted by Crippen LogP contribution is -2.35. The number of ether oxygens (including phenoxy) is 1. The topological polar surface area (TPSA) is 87.7 Å². The molecular formula is C20H23N5O3. The van der Waals surface area contributed by atoms with Crippen LogP contribution in [0.2, 0.25) is 0 Å². The van der Waals surface area contributed by atoms with Crippen molar-refractivity contribution in [3.8, 4) is 5.75 Å². The molecular weight excluding hydrogens is 358 g/mol. The van der Waals surface area contributed by atoms with Crippen molar-refractivity contribution < 1.29 is 14.3 Å². The summed E-state index contributed by atoms with van der Waals surface area (Å²) < 4.78 is 5.47.